The first-order chi connectivity index (χ1) is 11.2. The standard InChI is InChI=1S/C19H22FNO2/c1-3-7-19(21-23-13-15-8-5-4-6-9-15)16-10-11-17(14-22-2)18(20)12-16/h4-12,21H,3,13-14H2,1-2H3. The Labute approximate surface area is 136 Å². The molecular formula is C19H22FNO2. The van der Waals surface area contributed by atoms with E-state index in [1.165, 1.54) is 6.07 Å². The van der Waals surface area contributed by atoms with E-state index in [1.54, 1.807) is 13.2 Å². The lowest BCUT2D eigenvalue weighted by atomic mass is 10.1. The molecule has 0 atom stereocenters. The maximum Gasteiger partial charge on any atom is 0.129 e. The Bertz CT molecular complexity index is 641. The van der Waals surface area contributed by atoms with Crippen LogP contribution in [0, 0.1) is 5.82 Å². The molecule has 2 rings (SSSR count). The van der Waals surface area contributed by atoms with Gasteiger partial charge < -0.3 is 4.74 Å². The molecule has 0 aliphatic rings. The highest BCUT2D eigenvalue weighted by Gasteiger charge is 2.07. The summed E-state index contributed by atoms with van der Waals surface area (Å²) in [6.45, 7) is 2.72. The summed E-state index contributed by atoms with van der Waals surface area (Å²) in [5.41, 5.74) is 6.04. The van der Waals surface area contributed by atoms with E-state index in [9.17, 15) is 4.39 Å². The van der Waals surface area contributed by atoms with Gasteiger partial charge in [0.1, 0.15) is 5.82 Å². The van der Waals surface area contributed by atoms with E-state index >= 15 is 0 Å². The first-order valence-electron chi connectivity index (χ1n) is 7.64. The largest absolute Gasteiger partial charge is 0.380 e. The number of hydroxylamine groups is 1. The Morgan fingerprint density at radius 1 is 1.13 bits per heavy atom. The molecule has 122 valence electrons. The molecule has 0 saturated carbocycles. The summed E-state index contributed by atoms with van der Waals surface area (Å²) >= 11 is 0. The Kier molecular flexibility index (Phi) is 6.78. The number of allylic oxidation sites excluding steroid dienone is 1. The van der Waals surface area contributed by atoms with Crippen LogP contribution in [0.2, 0.25) is 0 Å². The molecule has 1 N–H and O–H groups in total. The van der Waals surface area contributed by atoms with Crippen LogP contribution < -0.4 is 5.48 Å². The lowest BCUT2D eigenvalue weighted by Crippen LogP contribution is -2.13. The summed E-state index contributed by atoms with van der Waals surface area (Å²) in [6, 6.07) is 15.0. The summed E-state index contributed by atoms with van der Waals surface area (Å²) in [4.78, 5) is 5.54. The average molecular weight is 315 g/mol. The highest BCUT2D eigenvalue weighted by Crippen LogP contribution is 2.18. The second-order valence-corrected chi connectivity index (χ2v) is 5.14. The molecule has 4 heteroatoms. The van der Waals surface area contributed by atoms with E-state index in [1.807, 2.05) is 49.4 Å². The van der Waals surface area contributed by atoms with Crippen molar-refractivity contribution in [2.45, 2.75) is 26.6 Å². The number of benzene rings is 2. The van der Waals surface area contributed by atoms with Crippen molar-refractivity contribution in [3.8, 4) is 0 Å². The minimum absolute atomic E-state index is 0.261. The van der Waals surface area contributed by atoms with Gasteiger partial charge >= 0.3 is 0 Å². The van der Waals surface area contributed by atoms with Gasteiger partial charge in [0.25, 0.3) is 0 Å². The molecule has 23 heavy (non-hydrogen) atoms. The molecular weight excluding hydrogens is 293 g/mol. The third-order valence-electron chi connectivity index (χ3n) is 3.34. The van der Waals surface area contributed by atoms with E-state index in [-0.39, 0.29) is 12.4 Å². The van der Waals surface area contributed by atoms with Gasteiger partial charge in [-0.25, -0.2) is 4.39 Å². The normalized spacial score (nSPS) is 11.5. The van der Waals surface area contributed by atoms with Gasteiger partial charge in [0.15, 0.2) is 0 Å². The fraction of sp³-hybridized carbons (Fsp3) is 0.263. The topological polar surface area (TPSA) is 30.5 Å². The molecule has 0 bridgehead atoms. The van der Waals surface area contributed by atoms with Crippen molar-refractivity contribution in [1.29, 1.82) is 0 Å². The molecule has 0 aromatic heterocycles. The second-order valence-electron chi connectivity index (χ2n) is 5.14. The van der Waals surface area contributed by atoms with Crippen LogP contribution in [0.1, 0.15) is 30.0 Å². The first-order valence-corrected chi connectivity index (χ1v) is 7.64. The van der Waals surface area contributed by atoms with Crippen LogP contribution in [0.15, 0.2) is 54.6 Å². The Balaban J connectivity index is 2.03. The summed E-state index contributed by atoms with van der Waals surface area (Å²) in [5.74, 6) is -0.281. The second kappa shape index (κ2) is 9.08. The highest BCUT2D eigenvalue weighted by atomic mass is 19.1. The van der Waals surface area contributed by atoms with Gasteiger partial charge in [-0.1, -0.05) is 55.5 Å². The SMILES string of the molecule is CCC=C(NOCc1ccccc1)c1ccc(COC)c(F)c1. The van der Waals surface area contributed by atoms with Crippen LogP contribution in [-0.4, -0.2) is 7.11 Å². The molecule has 3 nitrogen and oxygen atoms in total. The lowest BCUT2D eigenvalue weighted by Gasteiger charge is -2.13. The van der Waals surface area contributed by atoms with Gasteiger partial charge in [0.05, 0.1) is 18.9 Å². The Morgan fingerprint density at radius 3 is 2.57 bits per heavy atom. The number of hydrogen-bond acceptors (Lipinski definition) is 3. The smallest absolute Gasteiger partial charge is 0.129 e. The quantitative estimate of drug-likeness (QED) is 0.730. The van der Waals surface area contributed by atoms with Gasteiger partial charge in [-0.2, -0.15) is 0 Å². The van der Waals surface area contributed by atoms with Crippen LogP contribution >= 0.6 is 0 Å². The Hall–Kier alpha value is -2.17. The molecule has 0 radical (unpaired) electrons. The summed E-state index contributed by atoms with van der Waals surface area (Å²) < 4.78 is 19.0. The van der Waals surface area contributed by atoms with Crippen LogP contribution in [0.3, 0.4) is 0 Å². The molecule has 0 unspecified atom stereocenters. The lowest BCUT2D eigenvalue weighted by molar-refractivity contribution is 0.0645. The molecule has 0 fully saturated rings. The molecule has 0 aliphatic heterocycles. The number of hydrogen-bond donors (Lipinski definition) is 1. The number of ether oxygens (including phenoxy) is 1. The van der Waals surface area contributed by atoms with E-state index < -0.39 is 0 Å². The number of methoxy groups -OCH3 is 1. The van der Waals surface area contributed by atoms with Crippen molar-refractivity contribution in [2.24, 2.45) is 0 Å². The summed E-state index contributed by atoms with van der Waals surface area (Å²) in [6.07, 6.45) is 2.79. The van der Waals surface area contributed by atoms with E-state index in [4.69, 9.17) is 9.57 Å². The van der Waals surface area contributed by atoms with Crippen molar-refractivity contribution in [3.05, 3.63) is 77.1 Å². The minimum atomic E-state index is -0.281. The van der Waals surface area contributed by atoms with Gasteiger partial charge in [0.2, 0.25) is 0 Å². The summed E-state index contributed by atoms with van der Waals surface area (Å²) in [7, 11) is 1.55. The fourth-order valence-electron chi connectivity index (χ4n) is 2.18. The molecule has 2 aromatic carbocycles. The van der Waals surface area contributed by atoms with E-state index in [0.29, 0.717) is 12.2 Å². The average Bonchev–Trinajstić information content (AvgIpc) is 2.57. The molecule has 0 spiro atoms. The third kappa shape index (κ3) is 5.20. The molecule has 0 amide bonds. The van der Waals surface area contributed by atoms with Crippen LogP contribution in [-0.2, 0) is 22.8 Å². The van der Waals surface area contributed by atoms with Crippen LogP contribution in [0.25, 0.3) is 5.70 Å². The zero-order chi connectivity index (χ0) is 16.5. The van der Waals surface area contributed by atoms with Crippen LogP contribution in [0.5, 0.6) is 0 Å². The van der Waals surface area contributed by atoms with Gasteiger partial charge in [-0.15, -0.1) is 0 Å². The predicted octanol–water partition coefficient (Wildman–Crippen LogP) is 4.44. The molecule has 2 aromatic rings. The highest BCUT2D eigenvalue weighted by molar-refractivity contribution is 5.63. The summed E-state index contributed by atoms with van der Waals surface area (Å²) in [5, 5.41) is 0. The van der Waals surface area contributed by atoms with Gasteiger partial charge in [-0.3, -0.25) is 10.3 Å². The first kappa shape index (κ1) is 17.2. The van der Waals surface area contributed by atoms with E-state index in [2.05, 4.69) is 5.48 Å². The molecule has 0 heterocycles. The third-order valence-corrected chi connectivity index (χ3v) is 3.34. The van der Waals surface area contributed by atoms with Crippen LogP contribution in [0.4, 0.5) is 4.39 Å². The fourth-order valence-corrected chi connectivity index (χ4v) is 2.18. The van der Waals surface area contributed by atoms with Crippen molar-refractivity contribution in [1.82, 2.24) is 5.48 Å². The van der Waals surface area contributed by atoms with Crippen molar-refractivity contribution >= 4 is 5.70 Å². The van der Waals surface area contributed by atoms with Gasteiger partial charge in [0, 0.05) is 18.2 Å². The molecule has 0 saturated heterocycles. The van der Waals surface area contributed by atoms with E-state index in [0.717, 1.165) is 23.2 Å². The Morgan fingerprint density at radius 2 is 1.91 bits per heavy atom. The zero-order valence-electron chi connectivity index (χ0n) is 13.5. The molecule has 0 aliphatic carbocycles. The van der Waals surface area contributed by atoms with Crippen molar-refractivity contribution in [3.63, 3.8) is 0 Å². The maximum absolute atomic E-state index is 14.0. The maximum atomic E-state index is 14.0. The number of halogens is 1. The predicted molar refractivity (Wildman–Crippen MR) is 89.7 cm³/mol. The monoisotopic (exact) mass is 315 g/mol. The number of rotatable bonds is 8. The number of nitrogens with one attached hydrogen (secondary N) is 1. The van der Waals surface area contributed by atoms with Crippen molar-refractivity contribution in [2.75, 3.05) is 7.11 Å². The van der Waals surface area contributed by atoms with Gasteiger partial charge in [-0.05, 0) is 18.1 Å². The zero-order valence-corrected chi connectivity index (χ0v) is 13.5. The minimum Gasteiger partial charge on any atom is -0.380 e. The van der Waals surface area contributed by atoms with Crippen molar-refractivity contribution < 1.29 is 14.0 Å².